The lowest BCUT2D eigenvalue weighted by Crippen LogP contribution is -2.13. The highest BCUT2D eigenvalue weighted by Gasteiger charge is 2.12. The third kappa shape index (κ3) is 2.95. The van der Waals surface area contributed by atoms with Crippen molar-refractivity contribution in [2.45, 2.75) is 0 Å². The Hall–Kier alpha value is -2.39. The minimum absolute atomic E-state index is 0.238. The van der Waals surface area contributed by atoms with E-state index in [1.807, 2.05) is 6.07 Å². The Morgan fingerprint density at radius 2 is 2.25 bits per heavy atom. The Morgan fingerprint density at radius 1 is 1.45 bits per heavy atom. The lowest BCUT2D eigenvalue weighted by molar-refractivity contribution is 0.102. The standard InChI is InChI=1S/C14H10BrN3O2/c1-20-13-3-2-10(6-12(13)15)18-14(19)11-8-17-5-4-9(11)7-16/h2-6,8H,1H3,(H,18,19). The molecule has 1 N–H and O–H groups in total. The largest absolute Gasteiger partial charge is 0.496 e. The smallest absolute Gasteiger partial charge is 0.258 e. The molecule has 0 fully saturated rings. The first-order valence-electron chi connectivity index (χ1n) is 5.64. The number of hydrogen-bond donors (Lipinski definition) is 1. The molecule has 5 nitrogen and oxygen atoms in total. The average molecular weight is 332 g/mol. The van der Waals surface area contributed by atoms with E-state index < -0.39 is 0 Å². The first-order chi connectivity index (χ1) is 9.65. The molecule has 1 amide bonds. The number of pyridine rings is 1. The number of hydrogen-bond acceptors (Lipinski definition) is 4. The predicted octanol–water partition coefficient (Wildman–Crippen LogP) is 2.98. The second-order valence-corrected chi connectivity index (χ2v) is 4.69. The number of aromatic nitrogens is 1. The van der Waals surface area contributed by atoms with Crippen LogP contribution in [0.15, 0.2) is 41.1 Å². The molecule has 0 atom stereocenters. The predicted molar refractivity (Wildman–Crippen MR) is 77.6 cm³/mol. The van der Waals surface area contributed by atoms with Crippen LogP contribution < -0.4 is 10.1 Å². The van der Waals surface area contributed by atoms with Crippen molar-refractivity contribution < 1.29 is 9.53 Å². The summed E-state index contributed by atoms with van der Waals surface area (Å²) >= 11 is 3.34. The van der Waals surface area contributed by atoms with Crippen molar-refractivity contribution in [3.05, 3.63) is 52.3 Å². The molecule has 0 aliphatic rings. The van der Waals surface area contributed by atoms with Gasteiger partial charge in [-0.25, -0.2) is 0 Å². The zero-order chi connectivity index (χ0) is 14.5. The van der Waals surface area contributed by atoms with Gasteiger partial charge in [0.1, 0.15) is 11.8 Å². The second kappa shape index (κ2) is 6.17. The van der Waals surface area contributed by atoms with Gasteiger partial charge in [-0.05, 0) is 40.2 Å². The molecule has 2 rings (SSSR count). The van der Waals surface area contributed by atoms with E-state index >= 15 is 0 Å². The van der Waals surface area contributed by atoms with Crippen LogP contribution in [-0.2, 0) is 0 Å². The number of benzene rings is 1. The molecular formula is C14H10BrN3O2. The maximum Gasteiger partial charge on any atom is 0.258 e. The topological polar surface area (TPSA) is 75.0 Å². The van der Waals surface area contributed by atoms with Gasteiger partial charge in [-0.3, -0.25) is 9.78 Å². The van der Waals surface area contributed by atoms with Gasteiger partial charge in [0, 0.05) is 18.1 Å². The van der Waals surface area contributed by atoms with Gasteiger partial charge in [0.15, 0.2) is 0 Å². The van der Waals surface area contributed by atoms with E-state index in [1.54, 1.807) is 25.3 Å². The number of rotatable bonds is 3. The van der Waals surface area contributed by atoms with Crippen LogP contribution in [0.25, 0.3) is 0 Å². The Morgan fingerprint density at radius 3 is 2.90 bits per heavy atom. The summed E-state index contributed by atoms with van der Waals surface area (Å²) < 4.78 is 5.84. The van der Waals surface area contributed by atoms with Gasteiger partial charge in [0.25, 0.3) is 5.91 Å². The van der Waals surface area contributed by atoms with Crippen LogP contribution in [0.3, 0.4) is 0 Å². The number of amides is 1. The number of anilines is 1. The van der Waals surface area contributed by atoms with E-state index in [-0.39, 0.29) is 17.0 Å². The van der Waals surface area contributed by atoms with Crippen molar-refractivity contribution in [1.82, 2.24) is 4.98 Å². The van der Waals surface area contributed by atoms with Crippen molar-refractivity contribution in [3.8, 4) is 11.8 Å². The first-order valence-corrected chi connectivity index (χ1v) is 6.44. The van der Waals surface area contributed by atoms with Crippen LogP contribution in [0, 0.1) is 11.3 Å². The van der Waals surface area contributed by atoms with Gasteiger partial charge in [-0.2, -0.15) is 5.26 Å². The fourth-order valence-corrected chi connectivity index (χ4v) is 2.16. The van der Waals surface area contributed by atoms with E-state index in [1.165, 1.54) is 18.5 Å². The molecule has 0 bridgehead atoms. The molecule has 0 unspecified atom stereocenters. The molecule has 20 heavy (non-hydrogen) atoms. The Kier molecular flexibility index (Phi) is 4.33. The third-order valence-corrected chi connectivity index (χ3v) is 3.22. The normalized spacial score (nSPS) is 9.65. The summed E-state index contributed by atoms with van der Waals surface area (Å²) in [5.41, 5.74) is 1.11. The minimum Gasteiger partial charge on any atom is -0.496 e. The number of methoxy groups -OCH3 is 1. The zero-order valence-electron chi connectivity index (χ0n) is 10.6. The summed E-state index contributed by atoms with van der Waals surface area (Å²) in [6.45, 7) is 0. The lowest BCUT2D eigenvalue weighted by atomic mass is 10.1. The molecule has 0 radical (unpaired) electrons. The van der Waals surface area contributed by atoms with Gasteiger partial charge in [0.05, 0.1) is 22.7 Å². The van der Waals surface area contributed by atoms with E-state index in [0.717, 1.165) is 4.47 Å². The molecule has 100 valence electrons. The molecule has 1 heterocycles. The number of ether oxygens (including phenoxy) is 1. The van der Waals surface area contributed by atoms with Crippen LogP contribution in [0.4, 0.5) is 5.69 Å². The Bertz CT molecular complexity index is 695. The highest BCUT2D eigenvalue weighted by Crippen LogP contribution is 2.27. The molecule has 0 spiro atoms. The molecule has 0 saturated carbocycles. The highest BCUT2D eigenvalue weighted by atomic mass is 79.9. The average Bonchev–Trinajstić information content (AvgIpc) is 2.47. The van der Waals surface area contributed by atoms with Crippen LogP contribution in [0.2, 0.25) is 0 Å². The number of nitriles is 1. The van der Waals surface area contributed by atoms with Crippen LogP contribution in [0.1, 0.15) is 15.9 Å². The summed E-state index contributed by atoms with van der Waals surface area (Å²) in [5, 5.41) is 11.7. The Labute approximate surface area is 124 Å². The summed E-state index contributed by atoms with van der Waals surface area (Å²) in [5.74, 6) is 0.286. The van der Waals surface area contributed by atoms with Crippen LogP contribution >= 0.6 is 15.9 Å². The molecule has 6 heteroatoms. The number of carbonyl (C=O) groups excluding carboxylic acids is 1. The molecule has 1 aromatic carbocycles. The van der Waals surface area contributed by atoms with Crippen molar-refractivity contribution in [1.29, 1.82) is 5.26 Å². The van der Waals surface area contributed by atoms with Crippen molar-refractivity contribution >= 4 is 27.5 Å². The van der Waals surface area contributed by atoms with Gasteiger partial charge >= 0.3 is 0 Å². The minimum atomic E-state index is -0.383. The fourth-order valence-electron chi connectivity index (χ4n) is 1.62. The molecule has 0 aliphatic carbocycles. The summed E-state index contributed by atoms with van der Waals surface area (Å²) in [7, 11) is 1.56. The first kappa shape index (κ1) is 14.0. The van der Waals surface area contributed by atoms with Gasteiger partial charge < -0.3 is 10.1 Å². The van der Waals surface area contributed by atoms with Gasteiger partial charge in [-0.1, -0.05) is 0 Å². The van der Waals surface area contributed by atoms with E-state index in [0.29, 0.717) is 11.4 Å². The molecular weight excluding hydrogens is 322 g/mol. The van der Waals surface area contributed by atoms with Crippen LogP contribution in [0.5, 0.6) is 5.75 Å². The van der Waals surface area contributed by atoms with Crippen molar-refractivity contribution in [2.24, 2.45) is 0 Å². The molecule has 0 saturated heterocycles. The number of nitrogens with zero attached hydrogens (tertiary/aromatic N) is 2. The monoisotopic (exact) mass is 331 g/mol. The van der Waals surface area contributed by atoms with Gasteiger partial charge in [-0.15, -0.1) is 0 Å². The van der Waals surface area contributed by atoms with E-state index in [4.69, 9.17) is 10.00 Å². The zero-order valence-corrected chi connectivity index (χ0v) is 12.1. The SMILES string of the molecule is COc1ccc(NC(=O)c2cnccc2C#N)cc1Br. The summed E-state index contributed by atoms with van der Waals surface area (Å²) in [6.07, 6.45) is 2.84. The number of carbonyl (C=O) groups is 1. The summed E-state index contributed by atoms with van der Waals surface area (Å²) in [6, 6.07) is 8.62. The van der Waals surface area contributed by atoms with E-state index in [2.05, 4.69) is 26.2 Å². The molecule has 2 aromatic rings. The van der Waals surface area contributed by atoms with Crippen LogP contribution in [-0.4, -0.2) is 18.0 Å². The fraction of sp³-hybridized carbons (Fsp3) is 0.0714. The molecule has 0 aliphatic heterocycles. The lowest BCUT2D eigenvalue weighted by Gasteiger charge is -2.08. The summed E-state index contributed by atoms with van der Waals surface area (Å²) in [4.78, 5) is 16.0. The van der Waals surface area contributed by atoms with Crippen molar-refractivity contribution in [3.63, 3.8) is 0 Å². The molecule has 1 aromatic heterocycles. The van der Waals surface area contributed by atoms with Gasteiger partial charge in [0.2, 0.25) is 0 Å². The third-order valence-electron chi connectivity index (χ3n) is 2.60. The second-order valence-electron chi connectivity index (χ2n) is 3.84. The van der Waals surface area contributed by atoms with Crippen molar-refractivity contribution in [2.75, 3.05) is 12.4 Å². The number of halogens is 1. The Balaban J connectivity index is 2.24. The number of nitrogens with one attached hydrogen (secondary N) is 1. The quantitative estimate of drug-likeness (QED) is 0.938. The van der Waals surface area contributed by atoms with E-state index in [9.17, 15) is 4.79 Å². The maximum atomic E-state index is 12.1. The highest BCUT2D eigenvalue weighted by molar-refractivity contribution is 9.10. The maximum absolute atomic E-state index is 12.1.